The fourth-order valence-corrected chi connectivity index (χ4v) is 2.99. The predicted molar refractivity (Wildman–Crippen MR) is 69.2 cm³/mol. The van der Waals surface area contributed by atoms with Crippen LogP contribution in [-0.2, 0) is 9.59 Å². The van der Waals surface area contributed by atoms with E-state index >= 15 is 0 Å². The van der Waals surface area contributed by atoms with Crippen molar-refractivity contribution in [1.82, 2.24) is 4.90 Å². The minimum absolute atomic E-state index is 0.0851. The van der Waals surface area contributed by atoms with Crippen molar-refractivity contribution >= 4 is 23.6 Å². The van der Waals surface area contributed by atoms with Gasteiger partial charge < -0.3 is 10.0 Å². The Morgan fingerprint density at radius 3 is 2.76 bits per heavy atom. The molecule has 0 radical (unpaired) electrons. The van der Waals surface area contributed by atoms with Crippen LogP contribution in [0.3, 0.4) is 0 Å². The van der Waals surface area contributed by atoms with E-state index in [9.17, 15) is 9.59 Å². The van der Waals surface area contributed by atoms with E-state index in [4.69, 9.17) is 5.11 Å². The van der Waals surface area contributed by atoms with Crippen molar-refractivity contribution in [1.29, 1.82) is 0 Å². The molecule has 0 unspecified atom stereocenters. The number of aliphatic carboxylic acids is 1. The second-order valence-electron chi connectivity index (χ2n) is 4.47. The van der Waals surface area contributed by atoms with Crippen LogP contribution in [0, 0.1) is 5.92 Å². The minimum Gasteiger partial charge on any atom is -0.481 e. The number of likely N-dealkylation sites (tertiary alicyclic amines) is 1. The highest BCUT2D eigenvalue weighted by Gasteiger charge is 2.34. The molecule has 1 aliphatic heterocycles. The molecule has 0 spiro atoms. The van der Waals surface area contributed by atoms with Crippen molar-refractivity contribution < 1.29 is 14.7 Å². The molecule has 0 aliphatic carbocycles. The highest BCUT2D eigenvalue weighted by atomic mass is 32.2. The average molecular weight is 259 g/mol. The highest BCUT2D eigenvalue weighted by Crippen LogP contribution is 2.24. The fraction of sp³-hybridized carbons (Fsp3) is 0.833. The number of nitrogens with zero attached hydrogens (tertiary/aromatic N) is 1. The van der Waals surface area contributed by atoms with Crippen molar-refractivity contribution in [3.63, 3.8) is 0 Å². The molecule has 0 aromatic heterocycles. The van der Waals surface area contributed by atoms with Gasteiger partial charge in [0.15, 0.2) is 0 Å². The quantitative estimate of drug-likeness (QED) is 0.765. The van der Waals surface area contributed by atoms with Crippen molar-refractivity contribution in [2.75, 3.05) is 18.1 Å². The number of carboxylic acid groups (broad SMARTS) is 1. The Morgan fingerprint density at radius 2 is 2.18 bits per heavy atom. The van der Waals surface area contributed by atoms with Gasteiger partial charge in [-0.1, -0.05) is 6.92 Å². The van der Waals surface area contributed by atoms with Crippen LogP contribution in [0.25, 0.3) is 0 Å². The number of carbonyl (C=O) groups excluding carboxylic acids is 1. The van der Waals surface area contributed by atoms with Crippen molar-refractivity contribution in [3.8, 4) is 0 Å². The molecule has 1 amide bonds. The number of rotatable bonds is 5. The lowest BCUT2D eigenvalue weighted by Gasteiger charge is -2.37. The lowest BCUT2D eigenvalue weighted by molar-refractivity contribution is -0.148. The number of thioether (sulfide) groups is 1. The molecular formula is C12H21NO3S. The molecule has 0 saturated carbocycles. The normalized spacial score (nSPS) is 24.7. The molecule has 4 nitrogen and oxygen atoms in total. The molecule has 5 heteroatoms. The SMILES string of the molecule is CCCSCC(=O)N1CCC[C@H](C(=O)O)[C@@H]1C. The molecule has 1 N–H and O–H groups in total. The lowest BCUT2D eigenvalue weighted by atomic mass is 9.90. The molecule has 17 heavy (non-hydrogen) atoms. The summed E-state index contributed by atoms with van der Waals surface area (Å²) in [6.07, 6.45) is 2.54. The van der Waals surface area contributed by atoms with E-state index < -0.39 is 11.9 Å². The highest BCUT2D eigenvalue weighted by molar-refractivity contribution is 7.99. The first-order valence-electron chi connectivity index (χ1n) is 6.18. The summed E-state index contributed by atoms with van der Waals surface area (Å²) in [6.45, 7) is 4.64. The Balaban J connectivity index is 2.51. The zero-order valence-corrected chi connectivity index (χ0v) is 11.3. The summed E-state index contributed by atoms with van der Waals surface area (Å²) >= 11 is 1.63. The van der Waals surface area contributed by atoms with Crippen LogP contribution in [0.2, 0.25) is 0 Å². The van der Waals surface area contributed by atoms with E-state index in [1.165, 1.54) is 0 Å². The third-order valence-electron chi connectivity index (χ3n) is 3.20. The van der Waals surface area contributed by atoms with Crippen LogP contribution in [0.1, 0.15) is 33.1 Å². The summed E-state index contributed by atoms with van der Waals surface area (Å²) in [4.78, 5) is 24.8. The molecule has 0 bridgehead atoms. The first kappa shape index (κ1) is 14.4. The third kappa shape index (κ3) is 3.91. The molecule has 2 atom stereocenters. The zero-order valence-electron chi connectivity index (χ0n) is 10.5. The zero-order chi connectivity index (χ0) is 12.8. The Bertz CT molecular complexity index is 283. The maximum absolute atomic E-state index is 12.0. The van der Waals surface area contributed by atoms with Crippen molar-refractivity contribution in [3.05, 3.63) is 0 Å². The lowest BCUT2D eigenvalue weighted by Crippen LogP contribution is -2.49. The van der Waals surface area contributed by atoms with Gasteiger partial charge in [-0.3, -0.25) is 9.59 Å². The van der Waals surface area contributed by atoms with Gasteiger partial charge in [-0.15, -0.1) is 0 Å². The maximum atomic E-state index is 12.0. The number of hydrogen-bond acceptors (Lipinski definition) is 3. The summed E-state index contributed by atoms with van der Waals surface area (Å²) < 4.78 is 0. The Morgan fingerprint density at radius 1 is 1.47 bits per heavy atom. The second-order valence-corrected chi connectivity index (χ2v) is 5.57. The van der Waals surface area contributed by atoms with E-state index in [0.29, 0.717) is 18.7 Å². The minimum atomic E-state index is -0.781. The van der Waals surface area contributed by atoms with Gasteiger partial charge in [0, 0.05) is 12.6 Å². The first-order valence-corrected chi connectivity index (χ1v) is 7.33. The van der Waals surface area contributed by atoms with Crippen LogP contribution >= 0.6 is 11.8 Å². The largest absolute Gasteiger partial charge is 0.481 e. The molecule has 1 saturated heterocycles. The molecule has 1 fully saturated rings. The summed E-state index contributed by atoms with van der Waals surface area (Å²) in [5.41, 5.74) is 0. The molecule has 1 heterocycles. The predicted octanol–water partition coefficient (Wildman–Crippen LogP) is 1.84. The number of piperidine rings is 1. The monoisotopic (exact) mass is 259 g/mol. The summed E-state index contributed by atoms with van der Waals surface area (Å²) in [5.74, 6) is 0.364. The van der Waals surface area contributed by atoms with Crippen LogP contribution in [0.15, 0.2) is 0 Å². The van der Waals surface area contributed by atoms with E-state index in [2.05, 4.69) is 6.92 Å². The summed E-state index contributed by atoms with van der Waals surface area (Å²) in [7, 11) is 0. The number of carbonyl (C=O) groups is 2. The molecule has 98 valence electrons. The van der Waals surface area contributed by atoms with Crippen LogP contribution < -0.4 is 0 Å². The number of hydrogen-bond donors (Lipinski definition) is 1. The Hall–Kier alpha value is -0.710. The third-order valence-corrected chi connectivity index (χ3v) is 4.35. The van der Waals surface area contributed by atoms with Gasteiger partial charge in [0.25, 0.3) is 0 Å². The van der Waals surface area contributed by atoms with Gasteiger partial charge in [-0.05, 0) is 31.9 Å². The molecule has 0 aromatic rings. The van der Waals surface area contributed by atoms with Gasteiger partial charge in [-0.25, -0.2) is 0 Å². The second kappa shape index (κ2) is 6.89. The molecular weight excluding hydrogens is 238 g/mol. The van der Waals surface area contributed by atoms with Gasteiger partial charge in [-0.2, -0.15) is 11.8 Å². The Labute approximate surface area is 107 Å². The average Bonchev–Trinajstić information content (AvgIpc) is 2.29. The van der Waals surface area contributed by atoms with Crippen LogP contribution in [-0.4, -0.2) is 46.0 Å². The van der Waals surface area contributed by atoms with Gasteiger partial charge in [0.2, 0.25) is 5.91 Å². The van der Waals surface area contributed by atoms with Crippen LogP contribution in [0.4, 0.5) is 0 Å². The maximum Gasteiger partial charge on any atom is 0.308 e. The molecule has 0 aromatic carbocycles. The van der Waals surface area contributed by atoms with E-state index in [1.807, 2.05) is 6.92 Å². The van der Waals surface area contributed by atoms with E-state index in [-0.39, 0.29) is 11.9 Å². The van der Waals surface area contributed by atoms with Crippen molar-refractivity contribution in [2.45, 2.75) is 39.2 Å². The molecule has 1 rings (SSSR count). The number of amides is 1. The molecule has 1 aliphatic rings. The standard InChI is InChI=1S/C12H21NO3S/c1-3-7-17-8-11(14)13-6-4-5-10(9(13)2)12(15)16/h9-10H,3-8H2,1-2H3,(H,15,16)/t9-,10-/m0/s1. The number of carboxylic acids is 1. The first-order chi connectivity index (χ1) is 8.07. The van der Waals surface area contributed by atoms with Gasteiger partial charge in [0.05, 0.1) is 11.7 Å². The Kier molecular flexibility index (Phi) is 5.82. The van der Waals surface area contributed by atoms with E-state index in [0.717, 1.165) is 18.6 Å². The van der Waals surface area contributed by atoms with Gasteiger partial charge >= 0.3 is 5.97 Å². The van der Waals surface area contributed by atoms with Crippen LogP contribution in [0.5, 0.6) is 0 Å². The van der Waals surface area contributed by atoms with Crippen molar-refractivity contribution in [2.24, 2.45) is 5.92 Å². The fourth-order valence-electron chi connectivity index (χ4n) is 2.21. The van der Waals surface area contributed by atoms with Gasteiger partial charge in [0.1, 0.15) is 0 Å². The smallest absolute Gasteiger partial charge is 0.308 e. The summed E-state index contributed by atoms with van der Waals surface area (Å²) in [6, 6.07) is -0.170. The summed E-state index contributed by atoms with van der Waals surface area (Å²) in [5, 5.41) is 9.08. The van der Waals surface area contributed by atoms with E-state index in [1.54, 1.807) is 16.7 Å². The topological polar surface area (TPSA) is 57.6 Å².